The zero-order valence-electron chi connectivity index (χ0n) is 11.6. The van der Waals surface area contributed by atoms with Gasteiger partial charge < -0.3 is 10.5 Å². The van der Waals surface area contributed by atoms with E-state index in [1.807, 2.05) is 37.3 Å². The van der Waals surface area contributed by atoms with E-state index in [4.69, 9.17) is 15.9 Å². The Morgan fingerprint density at radius 1 is 1.25 bits per heavy atom. The van der Waals surface area contributed by atoms with E-state index >= 15 is 0 Å². The highest BCUT2D eigenvalue weighted by Gasteiger charge is 2.03. The molecule has 3 N–H and O–H groups in total. The molecular formula is C16H19N3O. The fraction of sp³-hybridized carbons (Fsp3) is 0.250. The minimum atomic E-state index is 0.0896. The summed E-state index contributed by atoms with van der Waals surface area (Å²) in [4.78, 5) is 3.99. The van der Waals surface area contributed by atoms with Crippen molar-refractivity contribution in [2.45, 2.75) is 19.8 Å². The molecule has 1 heterocycles. The molecule has 0 aliphatic heterocycles. The quantitative estimate of drug-likeness (QED) is 0.481. The number of pyridine rings is 1. The Morgan fingerprint density at radius 3 is 2.65 bits per heavy atom. The number of hydrogen-bond acceptors (Lipinski definition) is 3. The highest BCUT2D eigenvalue weighted by molar-refractivity contribution is 5.96. The van der Waals surface area contributed by atoms with Gasteiger partial charge in [0.2, 0.25) is 0 Å². The minimum absolute atomic E-state index is 0.0896. The minimum Gasteiger partial charge on any atom is -0.494 e. The zero-order valence-corrected chi connectivity index (χ0v) is 11.6. The van der Waals surface area contributed by atoms with E-state index in [-0.39, 0.29) is 5.84 Å². The molecule has 104 valence electrons. The SMILES string of the molecule is Cc1cc(OCCCc2ccncc2)ccc1C(=N)N. The molecule has 0 saturated heterocycles. The van der Waals surface area contributed by atoms with Gasteiger partial charge in [0.25, 0.3) is 0 Å². The summed E-state index contributed by atoms with van der Waals surface area (Å²) in [5.41, 5.74) is 8.48. The highest BCUT2D eigenvalue weighted by Crippen LogP contribution is 2.17. The van der Waals surface area contributed by atoms with Gasteiger partial charge in [-0.15, -0.1) is 0 Å². The van der Waals surface area contributed by atoms with Crippen molar-refractivity contribution in [3.05, 3.63) is 59.4 Å². The molecule has 0 bridgehead atoms. The molecule has 4 nitrogen and oxygen atoms in total. The summed E-state index contributed by atoms with van der Waals surface area (Å²) in [6, 6.07) is 9.65. The Kier molecular flexibility index (Phi) is 4.71. The van der Waals surface area contributed by atoms with Crippen LogP contribution < -0.4 is 10.5 Å². The van der Waals surface area contributed by atoms with Crippen molar-refractivity contribution in [3.63, 3.8) is 0 Å². The molecule has 0 fully saturated rings. The molecule has 0 saturated carbocycles. The Labute approximate surface area is 119 Å². The van der Waals surface area contributed by atoms with Gasteiger partial charge in [0.1, 0.15) is 11.6 Å². The number of ether oxygens (including phenoxy) is 1. The van der Waals surface area contributed by atoms with Gasteiger partial charge in [-0.3, -0.25) is 10.4 Å². The topological polar surface area (TPSA) is 72.0 Å². The smallest absolute Gasteiger partial charge is 0.123 e. The van der Waals surface area contributed by atoms with E-state index in [1.165, 1.54) is 5.56 Å². The second kappa shape index (κ2) is 6.70. The third kappa shape index (κ3) is 3.82. The van der Waals surface area contributed by atoms with Gasteiger partial charge in [-0.1, -0.05) is 0 Å². The van der Waals surface area contributed by atoms with Gasteiger partial charge in [-0.2, -0.15) is 0 Å². The van der Waals surface area contributed by atoms with Crippen molar-refractivity contribution in [2.24, 2.45) is 5.73 Å². The first kappa shape index (κ1) is 14.1. The number of nitrogens with one attached hydrogen (secondary N) is 1. The first-order valence-corrected chi connectivity index (χ1v) is 6.63. The lowest BCUT2D eigenvalue weighted by Crippen LogP contribution is -2.12. The molecule has 2 aromatic rings. The van der Waals surface area contributed by atoms with Gasteiger partial charge in [0.05, 0.1) is 6.61 Å². The number of rotatable bonds is 6. The van der Waals surface area contributed by atoms with Gasteiger partial charge in [0.15, 0.2) is 0 Å². The number of hydrogen-bond donors (Lipinski definition) is 2. The van der Waals surface area contributed by atoms with E-state index in [2.05, 4.69) is 4.98 Å². The molecule has 0 aliphatic rings. The lowest BCUT2D eigenvalue weighted by Gasteiger charge is -2.09. The van der Waals surface area contributed by atoms with Crippen LogP contribution in [0.3, 0.4) is 0 Å². The van der Waals surface area contributed by atoms with Crippen molar-refractivity contribution in [1.82, 2.24) is 4.98 Å². The predicted molar refractivity (Wildman–Crippen MR) is 80.2 cm³/mol. The normalized spacial score (nSPS) is 10.2. The van der Waals surface area contributed by atoms with Crippen molar-refractivity contribution < 1.29 is 4.74 Å². The third-order valence-electron chi connectivity index (χ3n) is 3.12. The van der Waals surface area contributed by atoms with Crippen molar-refractivity contribution in [2.75, 3.05) is 6.61 Å². The number of nitrogens with zero attached hydrogens (tertiary/aromatic N) is 1. The average molecular weight is 269 g/mol. The molecule has 2 rings (SSSR count). The number of amidine groups is 1. The molecular weight excluding hydrogens is 250 g/mol. The summed E-state index contributed by atoms with van der Waals surface area (Å²) in [6.07, 6.45) is 5.55. The zero-order chi connectivity index (χ0) is 14.4. The highest BCUT2D eigenvalue weighted by atomic mass is 16.5. The number of aryl methyl sites for hydroxylation is 2. The monoisotopic (exact) mass is 269 g/mol. The number of benzene rings is 1. The molecule has 1 aromatic carbocycles. The molecule has 0 radical (unpaired) electrons. The second-order valence-corrected chi connectivity index (χ2v) is 4.70. The molecule has 20 heavy (non-hydrogen) atoms. The maximum absolute atomic E-state index is 7.44. The van der Waals surface area contributed by atoms with Crippen LogP contribution in [-0.2, 0) is 6.42 Å². The molecule has 0 spiro atoms. The van der Waals surface area contributed by atoms with E-state index in [1.54, 1.807) is 12.4 Å². The fourth-order valence-electron chi connectivity index (χ4n) is 2.04. The predicted octanol–water partition coefficient (Wildman–Crippen LogP) is 2.69. The van der Waals surface area contributed by atoms with Gasteiger partial charge >= 0.3 is 0 Å². The van der Waals surface area contributed by atoms with E-state index < -0.39 is 0 Å². The van der Waals surface area contributed by atoms with Crippen LogP contribution in [0.2, 0.25) is 0 Å². The Balaban J connectivity index is 1.83. The van der Waals surface area contributed by atoms with Gasteiger partial charge in [0, 0.05) is 18.0 Å². The summed E-state index contributed by atoms with van der Waals surface area (Å²) in [5, 5.41) is 7.44. The van der Waals surface area contributed by atoms with E-state index in [9.17, 15) is 0 Å². The molecule has 0 aliphatic carbocycles. The largest absolute Gasteiger partial charge is 0.494 e. The van der Waals surface area contributed by atoms with Crippen molar-refractivity contribution in [1.29, 1.82) is 5.41 Å². The summed E-state index contributed by atoms with van der Waals surface area (Å²) < 4.78 is 5.72. The number of nitrogen functional groups attached to an aromatic ring is 1. The second-order valence-electron chi connectivity index (χ2n) is 4.70. The van der Waals surface area contributed by atoms with Gasteiger partial charge in [-0.25, -0.2) is 0 Å². The van der Waals surface area contributed by atoms with E-state index in [0.29, 0.717) is 6.61 Å². The maximum atomic E-state index is 7.44. The van der Waals surface area contributed by atoms with Crippen LogP contribution in [0.4, 0.5) is 0 Å². The van der Waals surface area contributed by atoms with Crippen LogP contribution in [0.1, 0.15) is 23.1 Å². The average Bonchev–Trinajstić information content (AvgIpc) is 2.44. The maximum Gasteiger partial charge on any atom is 0.123 e. The molecule has 1 aromatic heterocycles. The van der Waals surface area contributed by atoms with Crippen LogP contribution in [0.15, 0.2) is 42.7 Å². The van der Waals surface area contributed by atoms with Crippen LogP contribution in [0, 0.1) is 12.3 Å². The Morgan fingerprint density at radius 2 is 2.00 bits per heavy atom. The number of nitrogens with two attached hydrogens (primary N) is 1. The first-order chi connectivity index (χ1) is 9.66. The first-order valence-electron chi connectivity index (χ1n) is 6.63. The summed E-state index contributed by atoms with van der Waals surface area (Å²) in [5.74, 6) is 0.911. The van der Waals surface area contributed by atoms with Crippen LogP contribution >= 0.6 is 0 Å². The molecule has 4 heteroatoms. The van der Waals surface area contributed by atoms with Crippen molar-refractivity contribution in [3.8, 4) is 5.75 Å². The van der Waals surface area contributed by atoms with Gasteiger partial charge in [-0.05, 0) is 61.2 Å². The summed E-state index contributed by atoms with van der Waals surface area (Å²) >= 11 is 0. The van der Waals surface area contributed by atoms with Crippen molar-refractivity contribution >= 4 is 5.84 Å². The number of aromatic nitrogens is 1. The standard InChI is InChI=1S/C16H19N3O/c1-12-11-14(4-5-15(12)16(17)18)20-10-2-3-13-6-8-19-9-7-13/h4-9,11H,2-3,10H2,1H3,(H3,17,18). The Hall–Kier alpha value is -2.36. The lowest BCUT2D eigenvalue weighted by molar-refractivity contribution is 0.311. The summed E-state index contributed by atoms with van der Waals surface area (Å²) in [7, 11) is 0. The Bertz CT molecular complexity index is 582. The van der Waals surface area contributed by atoms with Crippen LogP contribution in [0.25, 0.3) is 0 Å². The van der Waals surface area contributed by atoms with E-state index in [0.717, 1.165) is 29.7 Å². The van der Waals surface area contributed by atoms with Crippen LogP contribution in [0.5, 0.6) is 5.75 Å². The van der Waals surface area contributed by atoms with Crippen LogP contribution in [-0.4, -0.2) is 17.4 Å². The molecule has 0 atom stereocenters. The molecule has 0 unspecified atom stereocenters. The molecule has 0 amide bonds. The lowest BCUT2D eigenvalue weighted by atomic mass is 10.1. The summed E-state index contributed by atoms with van der Waals surface area (Å²) in [6.45, 7) is 2.60. The third-order valence-corrected chi connectivity index (χ3v) is 3.12. The fourth-order valence-corrected chi connectivity index (χ4v) is 2.04.